The van der Waals surface area contributed by atoms with E-state index in [9.17, 15) is 4.39 Å². The molecule has 0 aliphatic carbocycles. The fraction of sp³-hybridized carbons (Fsp3) is 1.00. The van der Waals surface area contributed by atoms with Gasteiger partial charge in [0, 0.05) is 0 Å². The molecule has 12 heavy (non-hydrogen) atoms. The Hall–Kier alpha value is -0.270. The predicted molar refractivity (Wildman–Crippen MR) is 34.9 cm³/mol. The normalized spacial score (nSPS) is 49.2. The zero-order valence-electron chi connectivity index (χ0n) is 6.17. The van der Waals surface area contributed by atoms with Crippen LogP contribution >= 0.6 is 0 Å². The third kappa shape index (κ3) is 1.57. The van der Waals surface area contributed by atoms with Crippen molar-refractivity contribution in [1.29, 1.82) is 0 Å². The first-order valence-electron chi connectivity index (χ1n) is 3.52. The summed E-state index contributed by atoms with van der Waals surface area (Å²) in [6.07, 6.45) is -8.19. The van der Waals surface area contributed by atoms with Gasteiger partial charge in [-0.25, -0.2) is 4.39 Å². The maximum absolute atomic E-state index is 12.7. The van der Waals surface area contributed by atoms with E-state index in [0.717, 1.165) is 0 Å². The summed E-state index contributed by atoms with van der Waals surface area (Å²) < 4.78 is 17.1. The Morgan fingerprint density at radius 2 is 1.75 bits per heavy atom. The summed E-state index contributed by atoms with van der Waals surface area (Å²) >= 11 is 0. The Kier molecular flexibility index (Phi) is 2.97. The van der Waals surface area contributed by atoms with Gasteiger partial charge < -0.3 is 25.2 Å². The van der Waals surface area contributed by atoms with Gasteiger partial charge in [-0.2, -0.15) is 0 Å². The van der Waals surface area contributed by atoms with Crippen LogP contribution in [0.3, 0.4) is 0 Å². The molecule has 5 nitrogen and oxygen atoms in total. The molecule has 6 heteroatoms. The summed E-state index contributed by atoms with van der Waals surface area (Å²) in [6.45, 7) is -0.581. The molecule has 1 saturated heterocycles. The van der Waals surface area contributed by atoms with Crippen LogP contribution in [-0.4, -0.2) is 57.8 Å². The van der Waals surface area contributed by atoms with Crippen LogP contribution in [0.15, 0.2) is 0 Å². The van der Waals surface area contributed by atoms with E-state index < -0.39 is 37.4 Å². The van der Waals surface area contributed by atoms with E-state index in [0.29, 0.717) is 0 Å². The van der Waals surface area contributed by atoms with Crippen molar-refractivity contribution in [2.45, 2.75) is 30.8 Å². The molecule has 0 amide bonds. The van der Waals surface area contributed by atoms with Gasteiger partial charge >= 0.3 is 0 Å². The van der Waals surface area contributed by atoms with Crippen molar-refractivity contribution in [2.75, 3.05) is 6.61 Å². The molecule has 0 radical (unpaired) electrons. The molecule has 0 saturated carbocycles. The van der Waals surface area contributed by atoms with Crippen molar-refractivity contribution in [3.8, 4) is 0 Å². The number of alkyl halides is 1. The van der Waals surface area contributed by atoms with Gasteiger partial charge in [0.1, 0.15) is 18.3 Å². The Balaban J connectivity index is 2.63. The van der Waals surface area contributed by atoms with Crippen molar-refractivity contribution in [3.63, 3.8) is 0 Å². The molecule has 0 aromatic carbocycles. The van der Waals surface area contributed by atoms with E-state index in [1.54, 1.807) is 0 Å². The number of hydrogen-bond acceptors (Lipinski definition) is 5. The largest absolute Gasteiger partial charge is 0.394 e. The molecule has 1 heterocycles. The van der Waals surface area contributed by atoms with Crippen LogP contribution in [0.1, 0.15) is 0 Å². The number of rotatable bonds is 1. The molecule has 5 atom stereocenters. The van der Waals surface area contributed by atoms with Gasteiger partial charge in [-0.15, -0.1) is 0 Å². The Morgan fingerprint density at radius 3 is 2.25 bits per heavy atom. The molecule has 1 fully saturated rings. The van der Waals surface area contributed by atoms with E-state index in [2.05, 4.69) is 4.74 Å². The molecule has 0 aromatic heterocycles. The Labute approximate surface area is 68.0 Å². The molecule has 2 unspecified atom stereocenters. The number of aliphatic hydroxyl groups is 4. The van der Waals surface area contributed by atoms with Crippen LogP contribution in [-0.2, 0) is 4.74 Å². The minimum atomic E-state index is -2.04. The maximum atomic E-state index is 12.7. The first-order chi connectivity index (χ1) is 5.57. The summed E-state index contributed by atoms with van der Waals surface area (Å²) in [5, 5.41) is 35.3. The highest BCUT2D eigenvalue weighted by atomic mass is 18.2. The summed E-state index contributed by atoms with van der Waals surface area (Å²) in [7, 11) is 0. The third-order valence-corrected chi connectivity index (χ3v) is 1.82. The molecule has 4 N–H and O–H groups in total. The van der Waals surface area contributed by atoms with Crippen LogP contribution in [0.25, 0.3) is 0 Å². The Morgan fingerprint density at radius 1 is 1.17 bits per heavy atom. The van der Waals surface area contributed by atoms with Crippen molar-refractivity contribution >= 4 is 0 Å². The van der Waals surface area contributed by atoms with E-state index in [1.807, 2.05) is 0 Å². The minimum absolute atomic E-state index is 0.581. The molecule has 72 valence electrons. The fourth-order valence-corrected chi connectivity index (χ4v) is 1.06. The van der Waals surface area contributed by atoms with E-state index in [4.69, 9.17) is 20.4 Å². The minimum Gasteiger partial charge on any atom is -0.394 e. The summed E-state index contributed by atoms with van der Waals surface area (Å²) in [5.74, 6) is 0. The van der Waals surface area contributed by atoms with Gasteiger partial charge in [-0.05, 0) is 0 Å². The van der Waals surface area contributed by atoms with Crippen molar-refractivity contribution in [2.24, 2.45) is 0 Å². The summed E-state index contributed by atoms with van der Waals surface area (Å²) in [4.78, 5) is 0. The lowest BCUT2D eigenvalue weighted by molar-refractivity contribution is -0.271. The molecule has 0 spiro atoms. The standard InChI is InChI=1S/C6H11FO5/c7-3-5(10)4(9)2(1-8)12-6(3)11/h2-6,8-11H,1H2/t2?,3?,4-,5+,6+/m1/s1/i7-1. The van der Waals surface area contributed by atoms with Crippen molar-refractivity contribution in [3.05, 3.63) is 0 Å². The lowest BCUT2D eigenvalue weighted by atomic mass is 10.0. The first-order valence-corrected chi connectivity index (χ1v) is 3.52. The number of ether oxygens (including phenoxy) is 1. The molecule has 1 aliphatic heterocycles. The van der Waals surface area contributed by atoms with E-state index in [-0.39, 0.29) is 0 Å². The average molecular weight is 181 g/mol. The van der Waals surface area contributed by atoms with E-state index in [1.165, 1.54) is 0 Å². The van der Waals surface area contributed by atoms with Gasteiger partial charge in [-0.1, -0.05) is 0 Å². The van der Waals surface area contributed by atoms with Crippen molar-refractivity contribution in [1.82, 2.24) is 0 Å². The second-order valence-electron chi connectivity index (χ2n) is 2.67. The van der Waals surface area contributed by atoms with Gasteiger partial charge in [0.15, 0.2) is 12.5 Å². The molecular formula is C6H11FO5. The van der Waals surface area contributed by atoms with Crippen LogP contribution in [0.2, 0.25) is 0 Å². The average Bonchev–Trinajstić information content (AvgIpc) is 2.08. The number of aliphatic hydroxyl groups excluding tert-OH is 4. The number of halogens is 1. The molecule has 1 aliphatic rings. The summed E-state index contributed by atoms with van der Waals surface area (Å²) in [5.41, 5.74) is 0. The summed E-state index contributed by atoms with van der Waals surface area (Å²) in [6, 6.07) is 0. The second kappa shape index (κ2) is 3.63. The van der Waals surface area contributed by atoms with Gasteiger partial charge in [0.05, 0.1) is 6.61 Å². The monoisotopic (exact) mass is 181 g/mol. The third-order valence-electron chi connectivity index (χ3n) is 1.82. The molecular weight excluding hydrogens is 170 g/mol. The highest BCUT2D eigenvalue weighted by Crippen LogP contribution is 2.21. The van der Waals surface area contributed by atoms with Gasteiger partial charge in [0.25, 0.3) is 0 Å². The fourth-order valence-electron chi connectivity index (χ4n) is 1.06. The number of hydrogen-bond donors (Lipinski definition) is 4. The van der Waals surface area contributed by atoms with Gasteiger partial charge in [0.2, 0.25) is 0 Å². The van der Waals surface area contributed by atoms with Gasteiger partial charge in [-0.3, -0.25) is 0 Å². The maximum Gasteiger partial charge on any atom is 0.189 e. The first kappa shape index (κ1) is 9.82. The lowest BCUT2D eigenvalue weighted by Gasteiger charge is -2.36. The molecule has 0 bridgehead atoms. The quantitative estimate of drug-likeness (QED) is 0.367. The zero-order chi connectivity index (χ0) is 9.30. The second-order valence-corrected chi connectivity index (χ2v) is 2.67. The SMILES string of the molecule is OCC1O[C@H](O)C([18F])[C@H](O)[C@@H]1O. The van der Waals surface area contributed by atoms with Crippen molar-refractivity contribution < 1.29 is 29.6 Å². The van der Waals surface area contributed by atoms with Crippen LogP contribution in [0.5, 0.6) is 0 Å². The van der Waals surface area contributed by atoms with E-state index >= 15 is 0 Å². The zero-order valence-corrected chi connectivity index (χ0v) is 6.17. The predicted octanol–water partition coefficient (Wildman–Crippen LogP) is -2.24. The molecule has 1 rings (SSSR count). The topological polar surface area (TPSA) is 90.2 Å². The lowest BCUT2D eigenvalue weighted by Crippen LogP contribution is -2.56. The van der Waals surface area contributed by atoms with Crippen LogP contribution < -0.4 is 0 Å². The van der Waals surface area contributed by atoms with Crippen LogP contribution in [0, 0.1) is 0 Å². The highest BCUT2D eigenvalue weighted by Gasteiger charge is 2.43. The Bertz CT molecular complexity index is 150. The smallest absolute Gasteiger partial charge is 0.189 e. The highest BCUT2D eigenvalue weighted by molar-refractivity contribution is 4.88. The molecule has 0 aromatic rings. The van der Waals surface area contributed by atoms with Crippen LogP contribution in [0.4, 0.5) is 4.39 Å².